The maximum Gasteiger partial charge on any atom is 0.244 e. The lowest BCUT2D eigenvalue weighted by atomic mass is 10.2. The van der Waals surface area contributed by atoms with Crippen LogP contribution in [-0.2, 0) is 21.2 Å². The van der Waals surface area contributed by atoms with Crippen molar-refractivity contribution in [3.63, 3.8) is 0 Å². The number of rotatable bonds is 3. The number of piperazine rings is 1. The van der Waals surface area contributed by atoms with Crippen molar-refractivity contribution < 1.29 is 13.2 Å². The van der Waals surface area contributed by atoms with Gasteiger partial charge in [0, 0.05) is 37.9 Å². The Labute approximate surface area is 137 Å². The van der Waals surface area contributed by atoms with E-state index < -0.39 is 9.84 Å². The largest absolute Gasteiger partial charge is 0.339 e. The molecule has 128 valence electrons. The van der Waals surface area contributed by atoms with Crippen molar-refractivity contribution in [2.75, 3.05) is 37.7 Å². The molecule has 0 aliphatic carbocycles. The lowest BCUT2D eigenvalue weighted by Crippen LogP contribution is -2.52. The van der Waals surface area contributed by atoms with E-state index in [-0.39, 0.29) is 24.2 Å². The number of carbonyl (C=O) groups is 1. The summed E-state index contributed by atoms with van der Waals surface area (Å²) in [5.41, 5.74) is 1.91. The monoisotopic (exact) mass is 340 g/mol. The summed E-state index contributed by atoms with van der Waals surface area (Å²) in [6.45, 7) is 6.97. The Morgan fingerprint density at radius 2 is 1.96 bits per heavy atom. The molecule has 23 heavy (non-hydrogen) atoms. The van der Waals surface area contributed by atoms with Crippen LogP contribution in [-0.4, -0.2) is 77.6 Å². The van der Waals surface area contributed by atoms with E-state index in [0.717, 1.165) is 30.9 Å². The van der Waals surface area contributed by atoms with Gasteiger partial charge in [0.25, 0.3) is 0 Å². The van der Waals surface area contributed by atoms with Gasteiger partial charge >= 0.3 is 0 Å². The molecule has 0 bridgehead atoms. The molecule has 0 saturated carbocycles. The number of hydrogen-bond acceptors (Lipinski definition) is 5. The molecule has 3 rings (SSSR count). The van der Waals surface area contributed by atoms with Gasteiger partial charge in [0.15, 0.2) is 9.84 Å². The zero-order chi connectivity index (χ0) is 16.6. The van der Waals surface area contributed by atoms with E-state index >= 15 is 0 Å². The van der Waals surface area contributed by atoms with Gasteiger partial charge in [-0.3, -0.25) is 14.4 Å². The molecule has 7 nitrogen and oxygen atoms in total. The van der Waals surface area contributed by atoms with Crippen LogP contribution in [0.4, 0.5) is 0 Å². The molecule has 1 amide bonds. The summed E-state index contributed by atoms with van der Waals surface area (Å²) in [5.74, 6) is 0.649. The van der Waals surface area contributed by atoms with Crippen LogP contribution in [0.1, 0.15) is 17.8 Å². The zero-order valence-corrected chi connectivity index (χ0v) is 14.5. The van der Waals surface area contributed by atoms with Crippen LogP contribution in [0.3, 0.4) is 0 Å². The van der Waals surface area contributed by atoms with E-state index in [1.54, 1.807) is 4.68 Å². The smallest absolute Gasteiger partial charge is 0.244 e. The number of aryl methyl sites for hydroxylation is 2. The highest BCUT2D eigenvalue weighted by molar-refractivity contribution is 7.91. The highest BCUT2D eigenvalue weighted by Gasteiger charge is 2.34. The van der Waals surface area contributed by atoms with Gasteiger partial charge in [-0.15, -0.1) is 0 Å². The molecular formula is C15H24N4O3S. The van der Waals surface area contributed by atoms with Gasteiger partial charge in [0.1, 0.15) is 6.54 Å². The zero-order valence-electron chi connectivity index (χ0n) is 13.7. The molecule has 0 unspecified atom stereocenters. The number of nitrogens with zero attached hydrogens (tertiary/aromatic N) is 4. The molecule has 0 N–H and O–H groups in total. The fraction of sp³-hybridized carbons (Fsp3) is 0.733. The van der Waals surface area contributed by atoms with Crippen molar-refractivity contribution in [1.29, 1.82) is 0 Å². The first-order valence-corrected chi connectivity index (χ1v) is 9.89. The van der Waals surface area contributed by atoms with Crippen molar-refractivity contribution in [2.45, 2.75) is 32.9 Å². The Kier molecular flexibility index (Phi) is 4.46. The highest BCUT2D eigenvalue weighted by atomic mass is 32.2. The standard InChI is InChI=1S/C15H24N4O3S/c1-12-9-13(2)19(16-12)10-15(20)18-6-4-17(5-7-18)14-3-8-23(21,22)11-14/h9,14H,3-8,10-11H2,1-2H3/t14-/m1/s1. The molecule has 2 saturated heterocycles. The van der Waals surface area contributed by atoms with Crippen LogP contribution in [0.25, 0.3) is 0 Å². The van der Waals surface area contributed by atoms with E-state index in [2.05, 4.69) is 10.00 Å². The molecule has 2 aliphatic heterocycles. The van der Waals surface area contributed by atoms with E-state index in [9.17, 15) is 13.2 Å². The van der Waals surface area contributed by atoms with E-state index in [4.69, 9.17) is 0 Å². The van der Waals surface area contributed by atoms with Crippen molar-refractivity contribution in [2.24, 2.45) is 0 Å². The van der Waals surface area contributed by atoms with Crippen LogP contribution in [0.15, 0.2) is 6.07 Å². The lowest BCUT2D eigenvalue weighted by Gasteiger charge is -2.37. The molecule has 8 heteroatoms. The molecular weight excluding hydrogens is 316 g/mol. The third-order valence-electron chi connectivity index (χ3n) is 4.78. The number of aromatic nitrogens is 2. The number of amides is 1. The molecule has 1 aromatic heterocycles. The minimum atomic E-state index is -2.85. The van der Waals surface area contributed by atoms with Crippen molar-refractivity contribution >= 4 is 15.7 Å². The molecule has 1 aromatic rings. The van der Waals surface area contributed by atoms with Crippen molar-refractivity contribution in [3.8, 4) is 0 Å². The van der Waals surface area contributed by atoms with Gasteiger partial charge in [-0.1, -0.05) is 0 Å². The Morgan fingerprint density at radius 1 is 1.26 bits per heavy atom. The van der Waals surface area contributed by atoms with Gasteiger partial charge < -0.3 is 4.90 Å². The third-order valence-corrected chi connectivity index (χ3v) is 6.53. The topological polar surface area (TPSA) is 75.5 Å². The van der Waals surface area contributed by atoms with Crippen molar-refractivity contribution in [3.05, 3.63) is 17.5 Å². The van der Waals surface area contributed by atoms with Crippen molar-refractivity contribution in [1.82, 2.24) is 19.6 Å². The molecule has 0 aromatic carbocycles. The van der Waals surface area contributed by atoms with Crippen LogP contribution < -0.4 is 0 Å². The average molecular weight is 340 g/mol. The summed E-state index contributed by atoms with van der Waals surface area (Å²) in [6.07, 6.45) is 0.724. The first-order valence-electron chi connectivity index (χ1n) is 8.07. The maximum absolute atomic E-state index is 12.4. The molecule has 3 heterocycles. The summed E-state index contributed by atoms with van der Waals surface area (Å²) >= 11 is 0. The van der Waals surface area contributed by atoms with Crippen LogP contribution in [0.5, 0.6) is 0 Å². The SMILES string of the molecule is Cc1cc(C)n(CC(=O)N2CCN([C@@H]3CCS(=O)(=O)C3)CC2)n1. The van der Waals surface area contributed by atoms with E-state index in [1.807, 2.05) is 24.8 Å². The highest BCUT2D eigenvalue weighted by Crippen LogP contribution is 2.19. The second-order valence-corrected chi connectivity index (χ2v) is 8.79. The van der Waals surface area contributed by atoms with Gasteiger partial charge in [0.2, 0.25) is 5.91 Å². The Hall–Kier alpha value is -1.41. The Bertz CT molecular complexity index is 690. The fourth-order valence-electron chi connectivity index (χ4n) is 3.46. The first kappa shape index (κ1) is 16.4. The van der Waals surface area contributed by atoms with Gasteiger partial charge in [0.05, 0.1) is 17.2 Å². The fourth-order valence-corrected chi connectivity index (χ4v) is 5.22. The predicted molar refractivity (Wildman–Crippen MR) is 86.9 cm³/mol. The van der Waals surface area contributed by atoms with Gasteiger partial charge in [-0.05, 0) is 26.3 Å². The molecule has 0 radical (unpaired) electrons. The summed E-state index contributed by atoms with van der Waals surface area (Å²) in [4.78, 5) is 16.5. The average Bonchev–Trinajstić information content (AvgIpc) is 3.01. The Morgan fingerprint density at radius 3 is 2.48 bits per heavy atom. The maximum atomic E-state index is 12.4. The minimum Gasteiger partial charge on any atom is -0.339 e. The van der Waals surface area contributed by atoms with Gasteiger partial charge in [-0.25, -0.2) is 8.42 Å². The summed E-state index contributed by atoms with van der Waals surface area (Å²) in [5, 5.41) is 4.33. The third kappa shape index (κ3) is 3.74. The first-order chi connectivity index (χ1) is 10.8. The predicted octanol–water partition coefficient (Wildman–Crippen LogP) is -0.169. The second-order valence-electron chi connectivity index (χ2n) is 6.56. The number of sulfone groups is 1. The number of carbonyl (C=O) groups excluding carboxylic acids is 1. The normalized spacial score (nSPS) is 25.0. The van der Waals surface area contributed by atoms with E-state index in [1.165, 1.54) is 0 Å². The van der Waals surface area contributed by atoms with Crippen LogP contribution in [0, 0.1) is 13.8 Å². The quantitative estimate of drug-likeness (QED) is 0.764. The van der Waals surface area contributed by atoms with E-state index in [0.29, 0.717) is 18.8 Å². The lowest BCUT2D eigenvalue weighted by molar-refractivity contribution is -0.134. The molecule has 2 aliphatic rings. The van der Waals surface area contributed by atoms with Crippen LogP contribution in [0.2, 0.25) is 0 Å². The van der Waals surface area contributed by atoms with Gasteiger partial charge in [-0.2, -0.15) is 5.10 Å². The number of hydrogen-bond donors (Lipinski definition) is 0. The summed E-state index contributed by atoms with van der Waals surface area (Å²) in [7, 11) is -2.85. The minimum absolute atomic E-state index is 0.0786. The molecule has 1 atom stereocenters. The Balaban J connectivity index is 1.52. The summed E-state index contributed by atoms with van der Waals surface area (Å²) in [6, 6.07) is 2.10. The molecule has 2 fully saturated rings. The second kappa shape index (κ2) is 6.24. The summed E-state index contributed by atoms with van der Waals surface area (Å²) < 4.78 is 24.9. The molecule has 0 spiro atoms. The van der Waals surface area contributed by atoms with Crippen LogP contribution >= 0.6 is 0 Å².